The number of carbonyl (C=O) groups is 3. The van der Waals surface area contributed by atoms with Crippen LogP contribution in [0.4, 0.5) is 34.1 Å². The maximum Gasteiger partial charge on any atom is 0.470 e. The van der Waals surface area contributed by atoms with E-state index in [4.69, 9.17) is 10.2 Å². The number of hydrogen-bond donors (Lipinski definition) is 1. The summed E-state index contributed by atoms with van der Waals surface area (Å²) < 4.78 is 42.8. The number of aryl methyl sites for hydroxylation is 2. The number of rotatable bonds is 9. The number of urea groups is 2. The van der Waals surface area contributed by atoms with Gasteiger partial charge >= 0.3 is 24.1 Å². The molecule has 0 radical (unpaired) electrons. The number of pyridine rings is 2. The Morgan fingerprint density at radius 2 is 1.15 bits per heavy atom. The van der Waals surface area contributed by atoms with Crippen molar-refractivity contribution in [1.82, 2.24) is 39.8 Å². The number of alkyl halides is 3. The van der Waals surface area contributed by atoms with Gasteiger partial charge in [0.1, 0.15) is 0 Å². The normalized spacial score (nSPS) is 14.9. The fraction of sp³-hybridized carbons (Fsp3) is 0.372. The van der Waals surface area contributed by atoms with Crippen molar-refractivity contribution in [2.45, 2.75) is 33.1 Å². The fourth-order valence-corrected chi connectivity index (χ4v) is 6.80. The van der Waals surface area contributed by atoms with Crippen molar-refractivity contribution in [1.29, 1.82) is 0 Å². The van der Waals surface area contributed by atoms with Gasteiger partial charge in [-0.05, 0) is 75.5 Å². The molecule has 322 valence electrons. The molecule has 2 aliphatic heterocycles. The van der Waals surface area contributed by atoms with E-state index in [0.29, 0.717) is 44.0 Å². The summed E-state index contributed by atoms with van der Waals surface area (Å²) in [5, 5.41) is 6.48. The third kappa shape index (κ3) is 11.3. The van der Waals surface area contributed by atoms with Crippen LogP contribution >= 0.6 is 0 Å². The Balaban J connectivity index is 0.000000207. The summed E-state index contributed by atoms with van der Waals surface area (Å²) in [7, 11) is 4.09. The number of piperazine rings is 2. The van der Waals surface area contributed by atoms with Crippen molar-refractivity contribution in [3.63, 3.8) is 0 Å². The number of carbonyl (C=O) groups excluding carboxylic acids is 3. The van der Waals surface area contributed by atoms with Gasteiger partial charge in [0.15, 0.2) is 5.78 Å². The molecule has 3 aromatic heterocycles. The summed E-state index contributed by atoms with van der Waals surface area (Å²) in [4.78, 5) is 58.7. The van der Waals surface area contributed by atoms with E-state index in [1.807, 2.05) is 79.2 Å². The van der Waals surface area contributed by atoms with Crippen molar-refractivity contribution in [2.75, 3.05) is 82.8 Å². The fourth-order valence-electron chi connectivity index (χ4n) is 6.80. The number of amides is 4. The highest BCUT2D eigenvalue weighted by atomic mass is 19.4. The van der Waals surface area contributed by atoms with Gasteiger partial charge in [-0.2, -0.15) is 13.2 Å². The number of likely N-dealkylation sites (N-methyl/N-ethyl adjacent to an activating group) is 2. The Labute approximate surface area is 352 Å². The number of hydrogen-bond acceptors (Lipinski definition) is 11. The SMILES string of the molecule is Cc1ccccc1N(Cc1ccc(-c2nnc(C(F)(F)F)o2)cn1)C(=O)N1CCN(C)CC1.Cc1ccccc1N(Cc1ccc(C(=O)CN)cn1)C(=O)N1CCN(C)CC1. The third-order valence-electron chi connectivity index (χ3n) is 10.5. The molecule has 5 aromatic rings. The van der Waals surface area contributed by atoms with E-state index in [9.17, 15) is 27.6 Å². The van der Waals surface area contributed by atoms with Crippen LogP contribution < -0.4 is 15.5 Å². The number of ketones is 1. The van der Waals surface area contributed by atoms with Crippen LogP contribution in [0.3, 0.4) is 0 Å². The first kappa shape index (κ1) is 44.3. The Bertz CT molecular complexity index is 2250. The molecule has 0 unspecified atom stereocenters. The average Bonchev–Trinajstić information content (AvgIpc) is 3.78. The minimum atomic E-state index is -4.71. The predicted molar refractivity (Wildman–Crippen MR) is 224 cm³/mol. The maximum atomic E-state index is 13.4. The quantitative estimate of drug-likeness (QED) is 0.180. The van der Waals surface area contributed by atoms with Crippen molar-refractivity contribution >= 4 is 29.2 Å². The smallest absolute Gasteiger partial charge is 0.413 e. The lowest BCUT2D eigenvalue weighted by atomic mass is 10.1. The van der Waals surface area contributed by atoms with Gasteiger partial charge in [-0.1, -0.05) is 36.4 Å². The molecule has 2 aromatic carbocycles. The second-order valence-corrected chi connectivity index (χ2v) is 15.0. The van der Waals surface area contributed by atoms with Crippen LogP contribution in [0.15, 0.2) is 89.6 Å². The minimum absolute atomic E-state index is 0.0219. The van der Waals surface area contributed by atoms with Gasteiger partial charge in [0.2, 0.25) is 5.89 Å². The molecule has 15 nitrogen and oxygen atoms in total. The van der Waals surface area contributed by atoms with E-state index in [2.05, 4.69) is 37.0 Å². The van der Waals surface area contributed by atoms with E-state index < -0.39 is 12.1 Å². The van der Waals surface area contributed by atoms with E-state index in [-0.39, 0.29) is 42.4 Å². The number of anilines is 2. The third-order valence-corrected chi connectivity index (χ3v) is 10.5. The van der Waals surface area contributed by atoms with Crippen molar-refractivity contribution in [3.05, 3.63) is 119 Å². The van der Waals surface area contributed by atoms with Crippen molar-refractivity contribution in [3.8, 4) is 11.5 Å². The number of benzene rings is 2. The van der Waals surface area contributed by atoms with Crippen LogP contribution in [0.25, 0.3) is 11.5 Å². The summed E-state index contributed by atoms with van der Waals surface area (Å²) in [6, 6.07) is 22.0. The molecular weight excluding hydrogens is 792 g/mol. The topological polar surface area (TPSA) is 161 Å². The molecule has 2 fully saturated rings. The lowest BCUT2D eigenvalue weighted by Gasteiger charge is -2.36. The van der Waals surface area contributed by atoms with Gasteiger partial charge in [0, 0.05) is 81.7 Å². The molecule has 18 heteroatoms. The zero-order valence-electron chi connectivity index (χ0n) is 34.7. The Hall–Kier alpha value is -6.24. The first-order chi connectivity index (χ1) is 29.2. The number of aromatic nitrogens is 4. The van der Waals surface area contributed by atoms with Crippen LogP contribution in [0.5, 0.6) is 0 Å². The second-order valence-electron chi connectivity index (χ2n) is 15.0. The molecule has 61 heavy (non-hydrogen) atoms. The van der Waals surface area contributed by atoms with E-state index in [1.165, 1.54) is 12.4 Å². The molecule has 2 saturated heterocycles. The van der Waals surface area contributed by atoms with E-state index >= 15 is 0 Å². The van der Waals surface area contributed by atoms with Gasteiger partial charge in [0.25, 0.3) is 0 Å². The molecule has 0 aliphatic carbocycles. The molecule has 0 atom stereocenters. The molecule has 0 bridgehead atoms. The number of nitrogens with zero attached hydrogens (tertiary/aromatic N) is 10. The van der Waals surface area contributed by atoms with Gasteiger partial charge in [-0.3, -0.25) is 24.6 Å². The van der Waals surface area contributed by atoms with Crippen molar-refractivity contribution < 1.29 is 32.0 Å². The Kier molecular flexibility index (Phi) is 14.4. The maximum absolute atomic E-state index is 13.4. The number of Topliss-reactive ketones (excluding diaryl/α,β-unsaturated/α-hetero) is 1. The van der Waals surface area contributed by atoms with Crippen molar-refractivity contribution in [2.24, 2.45) is 5.73 Å². The van der Waals surface area contributed by atoms with Gasteiger partial charge in [-0.25, -0.2) is 9.59 Å². The first-order valence-electron chi connectivity index (χ1n) is 19.9. The summed E-state index contributed by atoms with van der Waals surface area (Å²) in [6.45, 7) is 10.4. The van der Waals surface area contributed by atoms with Crippen LogP contribution in [0, 0.1) is 13.8 Å². The zero-order valence-corrected chi connectivity index (χ0v) is 34.7. The van der Waals surface area contributed by atoms with Crippen LogP contribution in [-0.2, 0) is 19.3 Å². The largest absolute Gasteiger partial charge is 0.470 e. The molecule has 0 spiro atoms. The number of para-hydroxylation sites is 2. The molecule has 7 rings (SSSR count). The summed E-state index contributed by atoms with van der Waals surface area (Å²) in [5.41, 5.74) is 11.1. The lowest BCUT2D eigenvalue weighted by Crippen LogP contribution is -2.52. The summed E-state index contributed by atoms with van der Waals surface area (Å²) in [5.74, 6) is -1.83. The molecule has 5 heterocycles. The Morgan fingerprint density at radius 1 is 0.672 bits per heavy atom. The van der Waals surface area contributed by atoms with Gasteiger partial charge in [0.05, 0.1) is 36.6 Å². The number of nitrogens with two attached hydrogens (primary N) is 1. The molecule has 0 saturated carbocycles. The monoisotopic (exact) mass is 841 g/mol. The molecule has 4 amide bonds. The van der Waals surface area contributed by atoms with Crippen LogP contribution in [0.1, 0.15) is 38.8 Å². The second kappa shape index (κ2) is 19.9. The standard InChI is InChI=1S/C22H23F3N6O2.C21H27N5O2/c1-15-5-3-4-6-18(15)31(21(32)30-11-9-29(2)10-12-30)14-17-8-7-16(13-26-17)19-27-28-20(33-19)22(23,24)25;1-16-5-3-4-6-19(16)26(21(28)25-11-9-24(2)10-12-25)15-18-8-7-17(14-23-18)20(27)13-22/h3-8,13H,9-12,14H2,1-2H3;3-8,14H,9-13,15,22H2,1-2H3. The summed E-state index contributed by atoms with van der Waals surface area (Å²) >= 11 is 0. The highest BCUT2D eigenvalue weighted by Crippen LogP contribution is 2.31. The molecular formula is C43H50F3N11O4. The first-order valence-corrected chi connectivity index (χ1v) is 19.9. The van der Waals surface area contributed by atoms with Gasteiger partial charge in [-0.15, -0.1) is 10.2 Å². The van der Waals surface area contributed by atoms with E-state index in [0.717, 1.165) is 54.4 Å². The predicted octanol–water partition coefficient (Wildman–Crippen LogP) is 5.74. The van der Waals surface area contributed by atoms with Gasteiger partial charge < -0.3 is 29.8 Å². The molecule has 2 aliphatic rings. The summed E-state index contributed by atoms with van der Waals surface area (Å²) in [6.07, 6.45) is -1.82. The zero-order chi connectivity index (χ0) is 43.7. The van der Waals surface area contributed by atoms with Crippen LogP contribution in [-0.4, -0.2) is 131 Å². The minimum Gasteiger partial charge on any atom is -0.413 e. The van der Waals surface area contributed by atoms with Crippen LogP contribution in [0.2, 0.25) is 0 Å². The molecule has 2 N–H and O–H groups in total. The average molecular weight is 842 g/mol. The Morgan fingerprint density at radius 3 is 1.54 bits per heavy atom. The van der Waals surface area contributed by atoms with E-state index in [1.54, 1.807) is 34.1 Å². The highest BCUT2D eigenvalue weighted by molar-refractivity contribution is 5.97. The number of halogens is 3. The lowest BCUT2D eigenvalue weighted by molar-refractivity contribution is -0.156. The highest BCUT2D eigenvalue weighted by Gasteiger charge is 2.38.